The molecule has 1 aromatic heterocycles. The molecule has 3 amide bonds. The average Bonchev–Trinajstić information content (AvgIpc) is 3.20. The first-order valence-corrected chi connectivity index (χ1v) is 10.6. The number of benzene rings is 3. The van der Waals surface area contributed by atoms with Crippen molar-refractivity contribution in [1.82, 2.24) is 0 Å². The van der Waals surface area contributed by atoms with E-state index in [1.165, 1.54) is 4.90 Å². The topological polar surface area (TPSA) is 91.7 Å². The van der Waals surface area contributed by atoms with Gasteiger partial charge in [-0.25, -0.2) is 0 Å². The summed E-state index contributed by atoms with van der Waals surface area (Å²) in [5.74, 6) is -0.706. The Morgan fingerprint density at radius 3 is 2.67 bits per heavy atom. The number of rotatable bonds is 4. The van der Waals surface area contributed by atoms with Gasteiger partial charge in [0.1, 0.15) is 12.1 Å². The number of nitrogens with zero attached hydrogens (tertiary/aromatic N) is 1. The van der Waals surface area contributed by atoms with Crippen LogP contribution in [0, 0.1) is 6.92 Å². The molecule has 0 radical (unpaired) electrons. The van der Waals surface area contributed by atoms with Gasteiger partial charge in [-0.1, -0.05) is 24.3 Å². The highest BCUT2D eigenvalue weighted by molar-refractivity contribution is 6.15. The quantitative estimate of drug-likeness (QED) is 0.489. The lowest BCUT2D eigenvalue weighted by molar-refractivity contribution is -0.116. The molecule has 0 atom stereocenters. The molecule has 2 N–H and O–H groups in total. The maximum Gasteiger partial charge on any atom is 0.258 e. The first-order chi connectivity index (χ1) is 16.0. The van der Waals surface area contributed by atoms with Crippen LogP contribution in [-0.4, -0.2) is 24.3 Å². The van der Waals surface area contributed by atoms with Crippen LogP contribution in [0.1, 0.15) is 21.5 Å². The Kier molecular flexibility index (Phi) is 5.14. The normalized spacial score (nSPS) is 12.9. The van der Waals surface area contributed by atoms with Crippen LogP contribution < -0.4 is 15.5 Å². The predicted octanol–water partition coefficient (Wildman–Crippen LogP) is 4.52. The zero-order chi connectivity index (χ0) is 22.9. The molecule has 7 heteroatoms. The van der Waals surface area contributed by atoms with Gasteiger partial charge in [0.2, 0.25) is 11.8 Å². The van der Waals surface area contributed by atoms with Crippen molar-refractivity contribution in [3.8, 4) is 0 Å². The molecule has 4 aromatic rings. The van der Waals surface area contributed by atoms with E-state index in [0.29, 0.717) is 22.6 Å². The van der Waals surface area contributed by atoms with Crippen molar-refractivity contribution < 1.29 is 18.8 Å². The fraction of sp³-hybridized carbons (Fsp3) is 0.115. The lowest BCUT2D eigenvalue weighted by atomic mass is 10.1. The molecule has 33 heavy (non-hydrogen) atoms. The average molecular weight is 439 g/mol. The molecule has 0 saturated heterocycles. The number of carbonyl (C=O) groups is 3. The summed E-state index contributed by atoms with van der Waals surface area (Å²) in [7, 11) is 0. The number of fused-ring (bicyclic) bond motifs is 2. The Bertz CT molecular complexity index is 1390. The fourth-order valence-electron chi connectivity index (χ4n) is 3.97. The van der Waals surface area contributed by atoms with Crippen LogP contribution >= 0.6 is 0 Å². The molecule has 0 unspecified atom stereocenters. The lowest BCUT2D eigenvalue weighted by Crippen LogP contribution is -2.42. The van der Waals surface area contributed by atoms with E-state index in [4.69, 9.17) is 4.42 Å². The maximum absolute atomic E-state index is 13.0. The number of aryl methyl sites for hydroxylation is 1. The highest BCUT2D eigenvalue weighted by atomic mass is 16.3. The van der Waals surface area contributed by atoms with Gasteiger partial charge in [-0.15, -0.1) is 0 Å². The van der Waals surface area contributed by atoms with Crippen LogP contribution in [0.4, 0.5) is 17.1 Å². The molecule has 164 valence electrons. The molecule has 1 aliphatic rings. The summed E-state index contributed by atoms with van der Waals surface area (Å²) in [4.78, 5) is 39.1. The third-order valence-electron chi connectivity index (χ3n) is 5.59. The highest BCUT2D eigenvalue weighted by Gasteiger charge is 2.27. The number of hydrogen-bond acceptors (Lipinski definition) is 4. The molecule has 0 spiro atoms. The molecule has 0 aliphatic carbocycles. The van der Waals surface area contributed by atoms with Crippen molar-refractivity contribution in [2.75, 3.05) is 22.1 Å². The van der Waals surface area contributed by atoms with Crippen molar-refractivity contribution >= 4 is 45.8 Å². The van der Waals surface area contributed by atoms with E-state index in [1.54, 1.807) is 48.7 Å². The maximum atomic E-state index is 13.0. The Balaban J connectivity index is 1.28. The van der Waals surface area contributed by atoms with Crippen LogP contribution in [0.25, 0.3) is 11.0 Å². The van der Waals surface area contributed by atoms with Gasteiger partial charge < -0.3 is 15.1 Å². The smallest absolute Gasteiger partial charge is 0.258 e. The number of carbonyl (C=O) groups excluding carboxylic acids is 3. The first-order valence-electron chi connectivity index (χ1n) is 10.6. The van der Waals surface area contributed by atoms with E-state index in [1.807, 2.05) is 31.2 Å². The van der Waals surface area contributed by atoms with Crippen LogP contribution in [0.3, 0.4) is 0 Å². The second-order valence-electron chi connectivity index (χ2n) is 8.02. The van der Waals surface area contributed by atoms with Crippen molar-refractivity contribution in [2.24, 2.45) is 0 Å². The number of nitrogens with one attached hydrogen (secondary N) is 2. The molecule has 0 bridgehead atoms. The second-order valence-corrected chi connectivity index (χ2v) is 8.02. The van der Waals surface area contributed by atoms with Crippen molar-refractivity contribution in [1.29, 1.82) is 0 Å². The fourth-order valence-corrected chi connectivity index (χ4v) is 3.97. The van der Waals surface area contributed by atoms with Gasteiger partial charge in [0.05, 0.1) is 24.1 Å². The minimum Gasteiger partial charge on any atom is -0.464 e. The van der Waals surface area contributed by atoms with E-state index < -0.39 is 0 Å². The van der Waals surface area contributed by atoms with Gasteiger partial charge in [-0.3, -0.25) is 19.3 Å². The molecule has 7 nitrogen and oxygen atoms in total. The van der Waals surface area contributed by atoms with E-state index in [-0.39, 0.29) is 30.7 Å². The second kappa shape index (κ2) is 8.27. The Morgan fingerprint density at radius 1 is 1.06 bits per heavy atom. The number of hydrogen-bond donors (Lipinski definition) is 2. The summed E-state index contributed by atoms with van der Waals surface area (Å²) in [5, 5.41) is 6.55. The molecule has 0 fully saturated rings. The Hall–Kier alpha value is -4.39. The summed E-state index contributed by atoms with van der Waals surface area (Å²) in [5.41, 5.74) is 4.93. The van der Waals surface area contributed by atoms with Crippen LogP contribution in [-0.2, 0) is 16.0 Å². The van der Waals surface area contributed by atoms with Crippen LogP contribution in [0.5, 0.6) is 0 Å². The number of anilines is 3. The van der Waals surface area contributed by atoms with Crippen molar-refractivity contribution in [3.05, 3.63) is 89.7 Å². The molecule has 5 rings (SSSR count). The molecule has 1 aliphatic heterocycles. The van der Waals surface area contributed by atoms with Crippen molar-refractivity contribution in [2.45, 2.75) is 13.3 Å². The summed E-state index contributed by atoms with van der Waals surface area (Å²) in [6.07, 6.45) is 1.79. The van der Waals surface area contributed by atoms with Gasteiger partial charge in [0.15, 0.2) is 0 Å². The third kappa shape index (κ3) is 4.08. The summed E-state index contributed by atoms with van der Waals surface area (Å²) < 4.78 is 5.56. The monoisotopic (exact) mass is 439 g/mol. The Morgan fingerprint density at radius 2 is 1.85 bits per heavy atom. The van der Waals surface area contributed by atoms with Crippen LogP contribution in [0.2, 0.25) is 0 Å². The van der Waals surface area contributed by atoms with E-state index in [0.717, 1.165) is 22.1 Å². The summed E-state index contributed by atoms with van der Waals surface area (Å²) >= 11 is 0. The van der Waals surface area contributed by atoms with Gasteiger partial charge >= 0.3 is 0 Å². The molecular formula is C26H21N3O4. The highest BCUT2D eigenvalue weighted by Crippen LogP contribution is 2.30. The zero-order valence-corrected chi connectivity index (χ0v) is 17.9. The summed E-state index contributed by atoms with van der Waals surface area (Å²) in [6, 6.07) is 19.7. The third-order valence-corrected chi connectivity index (χ3v) is 5.59. The van der Waals surface area contributed by atoms with Gasteiger partial charge in [-0.05, 0) is 55.0 Å². The standard InChI is InChI=1S/C26H21N3O4/c1-16-6-11-20-18(15-33-23(20)12-16)13-24(30)27-19-9-7-17(8-10-19)26(32)29-14-25(31)28-21-4-2-3-5-22(21)29/h2-12,15H,13-14H2,1H3,(H,27,30)(H,28,31). The molecule has 2 heterocycles. The zero-order valence-electron chi connectivity index (χ0n) is 17.9. The number of amides is 3. The van der Waals surface area contributed by atoms with Gasteiger partial charge in [0.25, 0.3) is 5.91 Å². The SMILES string of the molecule is Cc1ccc2c(CC(=O)Nc3ccc(C(=O)N4CC(=O)Nc5ccccc54)cc3)coc2c1. The van der Waals surface area contributed by atoms with E-state index in [9.17, 15) is 14.4 Å². The summed E-state index contributed by atoms with van der Waals surface area (Å²) in [6.45, 7) is 1.94. The van der Waals surface area contributed by atoms with Gasteiger partial charge in [0, 0.05) is 22.2 Å². The molecule has 3 aromatic carbocycles. The first kappa shape index (κ1) is 20.5. The Labute approximate surface area is 190 Å². The number of furan rings is 1. The minimum absolute atomic E-state index is 0.0491. The van der Waals surface area contributed by atoms with Gasteiger partial charge in [-0.2, -0.15) is 0 Å². The lowest BCUT2D eigenvalue weighted by Gasteiger charge is -2.29. The predicted molar refractivity (Wildman–Crippen MR) is 126 cm³/mol. The largest absolute Gasteiger partial charge is 0.464 e. The van der Waals surface area contributed by atoms with E-state index in [2.05, 4.69) is 10.6 Å². The van der Waals surface area contributed by atoms with E-state index >= 15 is 0 Å². The molecular weight excluding hydrogens is 418 g/mol. The molecule has 0 saturated carbocycles. The van der Waals surface area contributed by atoms with Crippen molar-refractivity contribution in [3.63, 3.8) is 0 Å². The number of para-hydroxylation sites is 2. The minimum atomic E-state index is -0.282. The van der Waals surface area contributed by atoms with Crippen LogP contribution in [0.15, 0.2) is 77.4 Å².